The molecule has 0 fully saturated rings. The van der Waals surface area contributed by atoms with Crippen LogP contribution < -0.4 is 4.74 Å². The molecule has 24 heavy (non-hydrogen) atoms. The Bertz CT molecular complexity index is 736. The van der Waals surface area contributed by atoms with Crippen molar-refractivity contribution in [3.63, 3.8) is 0 Å². The molecule has 128 valence electrons. The van der Waals surface area contributed by atoms with E-state index in [0.29, 0.717) is 17.7 Å². The molecule has 0 radical (unpaired) electrons. The maximum absolute atomic E-state index is 13.9. The Hall–Kier alpha value is -2.28. The highest BCUT2D eigenvalue weighted by Crippen LogP contribution is 2.38. The van der Waals surface area contributed by atoms with E-state index in [-0.39, 0.29) is 12.2 Å². The van der Waals surface area contributed by atoms with E-state index in [4.69, 9.17) is 16.3 Å². The van der Waals surface area contributed by atoms with Crippen LogP contribution >= 0.6 is 11.6 Å². The fourth-order valence-electron chi connectivity index (χ4n) is 1.90. The summed E-state index contributed by atoms with van der Waals surface area (Å²) in [6.07, 6.45) is -4.75. The second kappa shape index (κ2) is 7.09. The third-order valence-corrected chi connectivity index (χ3v) is 3.30. The Labute approximate surface area is 139 Å². The van der Waals surface area contributed by atoms with Crippen molar-refractivity contribution in [2.24, 2.45) is 0 Å². The van der Waals surface area contributed by atoms with Crippen LogP contribution in [0.2, 0.25) is 5.02 Å². The number of halogens is 5. The first-order valence-corrected chi connectivity index (χ1v) is 6.98. The average molecular weight is 363 g/mol. The standard InChI is InChI=1S/C16H11ClF4O3/c1-23-14(22)6-9-3-2-4-11(5-9)24-15-12(17)7-10(8-13(15)18)16(19,20)21/h2-5,7-8H,6H2,1H3. The van der Waals surface area contributed by atoms with E-state index in [2.05, 4.69) is 4.74 Å². The van der Waals surface area contributed by atoms with Crippen molar-refractivity contribution in [2.45, 2.75) is 12.6 Å². The maximum Gasteiger partial charge on any atom is 0.416 e. The minimum Gasteiger partial charge on any atom is -0.469 e. The first kappa shape index (κ1) is 18.1. The predicted octanol–water partition coefficient (Wildman–Crippen LogP) is 5.01. The molecule has 0 heterocycles. The molecule has 0 amide bonds. The van der Waals surface area contributed by atoms with Gasteiger partial charge in [-0.3, -0.25) is 4.79 Å². The molecule has 0 unspecified atom stereocenters. The zero-order valence-corrected chi connectivity index (χ0v) is 13.0. The molecule has 0 aliphatic rings. The lowest BCUT2D eigenvalue weighted by Crippen LogP contribution is -2.06. The van der Waals surface area contributed by atoms with Crippen molar-refractivity contribution in [3.8, 4) is 11.5 Å². The number of methoxy groups -OCH3 is 1. The average Bonchev–Trinajstić information content (AvgIpc) is 2.50. The Kier molecular flexibility index (Phi) is 5.33. The molecule has 0 aliphatic carbocycles. The Morgan fingerprint density at radius 1 is 1.21 bits per heavy atom. The number of ether oxygens (including phenoxy) is 2. The zero-order valence-electron chi connectivity index (χ0n) is 12.3. The SMILES string of the molecule is COC(=O)Cc1cccc(Oc2c(F)cc(C(F)(F)F)cc2Cl)c1. The van der Waals surface area contributed by atoms with E-state index in [9.17, 15) is 22.4 Å². The van der Waals surface area contributed by atoms with Gasteiger partial charge in [-0.05, 0) is 29.8 Å². The lowest BCUT2D eigenvalue weighted by Gasteiger charge is -2.13. The molecule has 0 atom stereocenters. The van der Waals surface area contributed by atoms with Gasteiger partial charge in [-0.15, -0.1) is 0 Å². The lowest BCUT2D eigenvalue weighted by atomic mass is 10.1. The van der Waals surface area contributed by atoms with E-state index >= 15 is 0 Å². The number of rotatable bonds is 4. The van der Waals surface area contributed by atoms with Crippen LogP contribution in [0.15, 0.2) is 36.4 Å². The van der Waals surface area contributed by atoms with Crippen molar-refractivity contribution >= 4 is 17.6 Å². The van der Waals surface area contributed by atoms with Gasteiger partial charge in [0.25, 0.3) is 0 Å². The Balaban J connectivity index is 2.28. The molecule has 0 aromatic heterocycles. The molecule has 3 nitrogen and oxygen atoms in total. The van der Waals surface area contributed by atoms with Crippen LogP contribution in [0.1, 0.15) is 11.1 Å². The summed E-state index contributed by atoms with van der Waals surface area (Å²) in [5, 5.41) is -0.513. The van der Waals surface area contributed by atoms with E-state index in [1.165, 1.54) is 19.2 Å². The van der Waals surface area contributed by atoms with E-state index in [1.807, 2.05) is 0 Å². The minimum absolute atomic E-state index is 0.0308. The minimum atomic E-state index is -4.72. The fourth-order valence-corrected chi connectivity index (χ4v) is 2.14. The summed E-state index contributed by atoms with van der Waals surface area (Å²) in [7, 11) is 1.24. The molecule has 0 aliphatic heterocycles. The van der Waals surface area contributed by atoms with E-state index in [0.717, 1.165) is 0 Å². The van der Waals surface area contributed by atoms with Crippen LogP contribution in [0.5, 0.6) is 11.5 Å². The Morgan fingerprint density at radius 3 is 2.50 bits per heavy atom. The summed E-state index contributed by atoms with van der Waals surface area (Å²) < 4.78 is 61.5. The zero-order chi connectivity index (χ0) is 17.9. The van der Waals surface area contributed by atoms with Gasteiger partial charge in [0.15, 0.2) is 11.6 Å². The molecule has 2 aromatic rings. The van der Waals surface area contributed by atoms with Gasteiger partial charge in [-0.1, -0.05) is 23.7 Å². The van der Waals surface area contributed by atoms with Crippen LogP contribution in [0.4, 0.5) is 17.6 Å². The number of benzene rings is 2. The van der Waals surface area contributed by atoms with Crippen molar-refractivity contribution < 1.29 is 31.8 Å². The van der Waals surface area contributed by atoms with E-state index in [1.54, 1.807) is 12.1 Å². The molecule has 0 spiro atoms. The molecule has 2 rings (SSSR count). The third-order valence-electron chi connectivity index (χ3n) is 3.02. The summed E-state index contributed by atoms with van der Waals surface area (Å²) in [6.45, 7) is 0. The number of carbonyl (C=O) groups is 1. The summed E-state index contributed by atoms with van der Waals surface area (Å²) in [6, 6.07) is 6.94. The second-order valence-corrected chi connectivity index (χ2v) is 5.18. The smallest absolute Gasteiger partial charge is 0.416 e. The first-order chi connectivity index (χ1) is 11.2. The molecular weight excluding hydrogens is 352 g/mol. The summed E-state index contributed by atoms with van der Waals surface area (Å²) >= 11 is 5.70. The monoisotopic (exact) mass is 362 g/mol. The maximum atomic E-state index is 13.9. The number of esters is 1. The highest BCUT2D eigenvalue weighted by molar-refractivity contribution is 6.32. The molecule has 0 saturated heterocycles. The molecule has 8 heteroatoms. The number of alkyl halides is 3. The third kappa shape index (κ3) is 4.38. The molecule has 2 aromatic carbocycles. The molecule has 0 bridgehead atoms. The van der Waals surface area contributed by atoms with Gasteiger partial charge in [0, 0.05) is 0 Å². The van der Waals surface area contributed by atoms with Crippen LogP contribution in [-0.2, 0) is 22.1 Å². The van der Waals surface area contributed by atoms with Gasteiger partial charge in [-0.2, -0.15) is 13.2 Å². The van der Waals surface area contributed by atoms with Crippen LogP contribution in [0.25, 0.3) is 0 Å². The van der Waals surface area contributed by atoms with Gasteiger partial charge >= 0.3 is 12.1 Å². The van der Waals surface area contributed by atoms with Crippen molar-refractivity contribution in [3.05, 3.63) is 58.4 Å². The first-order valence-electron chi connectivity index (χ1n) is 6.60. The topological polar surface area (TPSA) is 35.5 Å². The van der Waals surface area contributed by atoms with Crippen LogP contribution in [0, 0.1) is 5.82 Å². The summed E-state index contributed by atoms with van der Waals surface area (Å²) in [5.74, 6) is -2.13. The number of hydrogen-bond acceptors (Lipinski definition) is 3. The number of hydrogen-bond donors (Lipinski definition) is 0. The second-order valence-electron chi connectivity index (χ2n) is 4.77. The number of carbonyl (C=O) groups excluding carboxylic acids is 1. The quantitative estimate of drug-likeness (QED) is 0.567. The molecular formula is C16H11ClF4O3. The van der Waals surface area contributed by atoms with Crippen molar-refractivity contribution in [1.82, 2.24) is 0 Å². The lowest BCUT2D eigenvalue weighted by molar-refractivity contribution is -0.140. The largest absolute Gasteiger partial charge is 0.469 e. The van der Waals surface area contributed by atoms with E-state index < -0.39 is 34.3 Å². The molecule has 0 N–H and O–H groups in total. The van der Waals surface area contributed by atoms with Gasteiger partial charge in [0.05, 0.1) is 24.1 Å². The van der Waals surface area contributed by atoms with Crippen molar-refractivity contribution in [1.29, 1.82) is 0 Å². The van der Waals surface area contributed by atoms with Gasteiger partial charge in [-0.25, -0.2) is 4.39 Å². The van der Waals surface area contributed by atoms with Gasteiger partial charge < -0.3 is 9.47 Å². The Morgan fingerprint density at radius 2 is 1.92 bits per heavy atom. The van der Waals surface area contributed by atoms with Crippen LogP contribution in [0.3, 0.4) is 0 Å². The highest BCUT2D eigenvalue weighted by Gasteiger charge is 2.32. The molecule has 0 saturated carbocycles. The summed E-state index contributed by atoms with van der Waals surface area (Å²) in [4.78, 5) is 11.2. The summed E-state index contributed by atoms with van der Waals surface area (Å²) in [5.41, 5.74) is -0.681. The van der Waals surface area contributed by atoms with Crippen molar-refractivity contribution in [2.75, 3.05) is 7.11 Å². The van der Waals surface area contributed by atoms with Gasteiger partial charge in [0.2, 0.25) is 0 Å². The fraction of sp³-hybridized carbons (Fsp3) is 0.188. The van der Waals surface area contributed by atoms with Gasteiger partial charge in [0.1, 0.15) is 5.75 Å². The predicted molar refractivity (Wildman–Crippen MR) is 78.6 cm³/mol. The normalized spacial score (nSPS) is 11.2. The van der Waals surface area contributed by atoms with Crippen LogP contribution in [-0.4, -0.2) is 13.1 Å². The highest BCUT2D eigenvalue weighted by atomic mass is 35.5.